The highest BCUT2D eigenvalue weighted by atomic mass is 32.1. The number of esters is 1. The molecule has 0 bridgehead atoms. The van der Waals surface area contributed by atoms with Crippen LogP contribution in [-0.4, -0.2) is 23.6 Å². The first-order chi connectivity index (χ1) is 12.8. The lowest BCUT2D eigenvalue weighted by atomic mass is 10.2. The quantitative estimate of drug-likeness (QED) is 0.503. The van der Waals surface area contributed by atoms with E-state index in [1.165, 1.54) is 0 Å². The van der Waals surface area contributed by atoms with Gasteiger partial charge in [0.05, 0.1) is 17.3 Å². The van der Waals surface area contributed by atoms with Crippen LogP contribution in [0.15, 0.2) is 35.3 Å². The summed E-state index contributed by atoms with van der Waals surface area (Å²) in [7, 11) is 1.10. The van der Waals surface area contributed by atoms with Crippen molar-refractivity contribution < 1.29 is 31.9 Å². The summed E-state index contributed by atoms with van der Waals surface area (Å²) in [6.45, 7) is -0.537. The first kappa shape index (κ1) is 18.8. The number of carbonyl (C=O) groups is 2. The Kier molecular flexibility index (Phi) is 5.08. The number of thiazole rings is 1. The third-order valence-electron chi connectivity index (χ3n) is 3.58. The Balaban J connectivity index is 2.25. The standard InChI is InChI=1S/C17H10F4N2O3S/c1-26-13(24)7-23-15-11(21)5-8(18)6-12(15)27-17(23)22-16(25)14-9(19)3-2-4-10(14)20/h2-6H,7H2,1H3. The number of hydrogen-bond acceptors (Lipinski definition) is 4. The van der Waals surface area contributed by atoms with Crippen molar-refractivity contribution in [3.8, 4) is 0 Å². The minimum absolute atomic E-state index is 0.0527. The Bertz CT molecular complexity index is 1120. The van der Waals surface area contributed by atoms with Gasteiger partial charge in [-0.15, -0.1) is 0 Å². The Morgan fingerprint density at radius 1 is 1.11 bits per heavy atom. The van der Waals surface area contributed by atoms with Crippen LogP contribution in [0.4, 0.5) is 17.6 Å². The van der Waals surface area contributed by atoms with Crippen molar-refractivity contribution in [1.82, 2.24) is 4.57 Å². The Morgan fingerprint density at radius 2 is 1.78 bits per heavy atom. The highest BCUT2D eigenvalue weighted by molar-refractivity contribution is 7.16. The minimum atomic E-state index is -1.27. The third-order valence-corrected chi connectivity index (χ3v) is 4.61. The van der Waals surface area contributed by atoms with E-state index in [9.17, 15) is 27.2 Å². The summed E-state index contributed by atoms with van der Waals surface area (Å²) in [5, 5.41) is 0. The lowest BCUT2D eigenvalue weighted by Crippen LogP contribution is -2.23. The average Bonchev–Trinajstić information content (AvgIpc) is 2.91. The summed E-state index contributed by atoms with van der Waals surface area (Å²) in [6.07, 6.45) is 0. The van der Waals surface area contributed by atoms with E-state index in [1.807, 2.05) is 0 Å². The number of ether oxygens (including phenoxy) is 1. The van der Waals surface area contributed by atoms with Gasteiger partial charge >= 0.3 is 5.97 Å². The fraction of sp³-hybridized carbons (Fsp3) is 0.118. The number of halogens is 4. The van der Waals surface area contributed by atoms with Crippen molar-refractivity contribution in [2.45, 2.75) is 6.54 Å². The smallest absolute Gasteiger partial charge is 0.325 e. The first-order valence-corrected chi connectivity index (χ1v) is 8.21. The summed E-state index contributed by atoms with van der Waals surface area (Å²) in [5.41, 5.74) is -1.08. The van der Waals surface area contributed by atoms with Crippen LogP contribution in [0, 0.1) is 23.3 Å². The average molecular weight is 398 g/mol. The predicted molar refractivity (Wildman–Crippen MR) is 88.0 cm³/mol. The molecule has 140 valence electrons. The van der Waals surface area contributed by atoms with Gasteiger partial charge in [-0.3, -0.25) is 9.59 Å². The monoisotopic (exact) mass is 398 g/mol. The fourth-order valence-electron chi connectivity index (χ4n) is 2.40. The van der Waals surface area contributed by atoms with Gasteiger partial charge in [0.1, 0.15) is 29.6 Å². The zero-order valence-electron chi connectivity index (χ0n) is 13.6. The number of methoxy groups -OCH3 is 1. The van der Waals surface area contributed by atoms with Gasteiger partial charge in [-0.05, 0) is 18.2 Å². The van der Waals surface area contributed by atoms with Crippen LogP contribution in [-0.2, 0) is 16.1 Å². The molecule has 0 N–H and O–H groups in total. The van der Waals surface area contributed by atoms with Crippen molar-refractivity contribution in [3.05, 3.63) is 64.0 Å². The van der Waals surface area contributed by atoms with Gasteiger partial charge < -0.3 is 9.30 Å². The number of amides is 1. The Morgan fingerprint density at radius 3 is 2.41 bits per heavy atom. The molecule has 0 saturated carbocycles. The molecule has 0 radical (unpaired) electrons. The molecule has 2 aromatic carbocycles. The van der Waals surface area contributed by atoms with Crippen molar-refractivity contribution in [1.29, 1.82) is 0 Å². The summed E-state index contributed by atoms with van der Waals surface area (Å²) < 4.78 is 60.8. The number of fused-ring (bicyclic) bond motifs is 1. The van der Waals surface area contributed by atoms with E-state index in [4.69, 9.17) is 0 Å². The highest BCUT2D eigenvalue weighted by Crippen LogP contribution is 2.23. The van der Waals surface area contributed by atoms with E-state index >= 15 is 0 Å². The second-order valence-corrected chi connectivity index (χ2v) is 6.30. The zero-order chi connectivity index (χ0) is 19.7. The van der Waals surface area contributed by atoms with Crippen molar-refractivity contribution >= 4 is 33.4 Å². The van der Waals surface area contributed by atoms with Crippen LogP contribution in [0.3, 0.4) is 0 Å². The number of carbonyl (C=O) groups excluding carboxylic acids is 2. The van der Waals surface area contributed by atoms with Gasteiger partial charge in [-0.25, -0.2) is 17.6 Å². The van der Waals surface area contributed by atoms with Crippen molar-refractivity contribution in [2.24, 2.45) is 4.99 Å². The third kappa shape index (κ3) is 3.61. The number of rotatable bonds is 3. The highest BCUT2D eigenvalue weighted by Gasteiger charge is 2.19. The maximum absolute atomic E-state index is 14.2. The molecule has 10 heteroatoms. The summed E-state index contributed by atoms with van der Waals surface area (Å²) in [4.78, 5) is 27.3. The maximum Gasteiger partial charge on any atom is 0.325 e. The predicted octanol–water partition coefficient (Wildman–Crippen LogP) is 3.17. The van der Waals surface area contributed by atoms with E-state index in [0.717, 1.165) is 35.9 Å². The number of aromatic nitrogens is 1. The van der Waals surface area contributed by atoms with Gasteiger partial charge in [0, 0.05) is 6.07 Å². The summed E-state index contributed by atoms with van der Waals surface area (Å²) in [5.74, 6) is -6.16. The van der Waals surface area contributed by atoms with Crippen LogP contribution < -0.4 is 4.80 Å². The van der Waals surface area contributed by atoms with Crippen LogP contribution >= 0.6 is 11.3 Å². The van der Waals surface area contributed by atoms with Crippen LogP contribution in [0.1, 0.15) is 10.4 Å². The SMILES string of the molecule is COC(=O)Cn1c(=NC(=O)c2c(F)cccc2F)sc2cc(F)cc(F)c21. The summed E-state index contributed by atoms with van der Waals surface area (Å²) >= 11 is 0.682. The molecular formula is C17H10F4N2O3S. The molecule has 0 aliphatic carbocycles. The summed E-state index contributed by atoms with van der Waals surface area (Å²) in [6, 6.07) is 4.44. The van der Waals surface area contributed by atoms with Crippen molar-refractivity contribution in [2.75, 3.05) is 7.11 Å². The van der Waals surface area contributed by atoms with Crippen LogP contribution in [0.2, 0.25) is 0 Å². The molecule has 0 unspecified atom stereocenters. The largest absolute Gasteiger partial charge is 0.468 e. The molecule has 0 fully saturated rings. The maximum atomic E-state index is 14.2. The van der Waals surface area contributed by atoms with Gasteiger partial charge in [-0.2, -0.15) is 4.99 Å². The van der Waals surface area contributed by atoms with Gasteiger partial charge in [0.2, 0.25) is 0 Å². The molecule has 27 heavy (non-hydrogen) atoms. The van der Waals surface area contributed by atoms with Crippen molar-refractivity contribution in [3.63, 3.8) is 0 Å². The van der Waals surface area contributed by atoms with E-state index in [-0.39, 0.29) is 15.0 Å². The number of hydrogen-bond donors (Lipinski definition) is 0. The first-order valence-electron chi connectivity index (χ1n) is 7.40. The lowest BCUT2D eigenvalue weighted by molar-refractivity contribution is -0.141. The molecule has 1 aromatic heterocycles. The second-order valence-electron chi connectivity index (χ2n) is 5.29. The number of benzene rings is 2. The van der Waals surface area contributed by atoms with E-state index in [2.05, 4.69) is 9.73 Å². The molecule has 3 aromatic rings. The van der Waals surface area contributed by atoms with E-state index in [1.54, 1.807) is 0 Å². The topological polar surface area (TPSA) is 60.7 Å². The molecule has 0 aliphatic heterocycles. The molecule has 0 aliphatic rings. The van der Waals surface area contributed by atoms with Gasteiger partial charge in [-0.1, -0.05) is 17.4 Å². The fourth-order valence-corrected chi connectivity index (χ4v) is 3.47. The molecule has 1 amide bonds. The van der Waals surface area contributed by atoms with Crippen LogP contribution in [0.25, 0.3) is 10.2 Å². The molecule has 1 heterocycles. The molecule has 0 atom stereocenters. The Hall–Kier alpha value is -3.01. The molecule has 3 rings (SSSR count). The zero-order valence-corrected chi connectivity index (χ0v) is 14.4. The molecular weight excluding hydrogens is 388 g/mol. The molecule has 0 saturated heterocycles. The molecule has 5 nitrogen and oxygen atoms in total. The van der Waals surface area contributed by atoms with Crippen LogP contribution in [0.5, 0.6) is 0 Å². The van der Waals surface area contributed by atoms with Gasteiger partial charge in [0.15, 0.2) is 10.6 Å². The molecule has 0 spiro atoms. The lowest BCUT2D eigenvalue weighted by Gasteiger charge is -2.05. The number of nitrogens with zero attached hydrogens (tertiary/aromatic N) is 2. The Labute approximate surface area is 153 Å². The van der Waals surface area contributed by atoms with E-state index < -0.39 is 47.3 Å². The second kappa shape index (κ2) is 7.31. The van der Waals surface area contributed by atoms with E-state index in [0.29, 0.717) is 17.4 Å². The normalized spacial score (nSPS) is 11.8. The minimum Gasteiger partial charge on any atom is -0.468 e. The van der Waals surface area contributed by atoms with Gasteiger partial charge in [0.25, 0.3) is 5.91 Å².